The van der Waals surface area contributed by atoms with Crippen LogP contribution in [0.25, 0.3) is 0 Å². The molecule has 0 saturated carbocycles. The van der Waals surface area contributed by atoms with Crippen LogP contribution in [0.4, 0.5) is 0 Å². The first-order valence-electron chi connectivity index (χ1n) is 11.6. The van der Waals surface area contributed by atoms with Crippen molar-refractivity contribution in [2.75, 3.05) is 26.7 Å². The third-order valence-electron chi connectivity index (χ3n) is 6.65. The molecule has 0 aliphatic carbocycles. The number of hydrogen-bond donors (Lipinski definition) is 0. The third-order valence-corrected chi connectivity index (χ3v) is 6.89. The zero-order chi connectivity index (χ0) is 23.4. The Morgan fingerprint density at radius 3 is 2.67 bits per heavy atom. The SMILES string of the molecule is COc1cccc(CC(=O)N2CC[C@@H]3[C@H](CCCN3C(=O)C(C)Oc3cccc(Cl)c3)C2)c1. The smallest absolute Gasteiger partial charge is 0.263 e. The van der Waals surface area contributed by atoms with E-state index in [-0.39, 0.29) is 17.9 Å². The van der Waals surface area contributed by atoms with Gasteiger partial charge in [0, 0.05) is 30.7 Å². The fraction of sp³-hybridized carbons (Fsp3) is 0.462. The summed E-state index contributed by atoms with van der Waals surface area (Å²) in [7, 11) is 1.63. The summed E-state index contributed by atoms with van der Waals surface area (Å²) in [5.41, 5.74) is 0.953. The van der Waals surface area contributed by atoms with Gasteiger partial charge in [-0.3, -0.25) is 9.59 Å². The van der Waals surface area contributed by atoms with Gasteiger partial charge >= 0.3 is 0 Å². The highest BCUT2D eigenvalue weighted by Crippen LogP contribution is 2.32. The lowest BCUT2D eigenvalue weighted by molar-refractivity contribution is -0.147. The molecule has 1 unspecified atom stereocenters. The van der Waals surface area contributed by atoms with Gasteiger partial charge < -0.3 is 19.3 Å². The van der Waals surface area contributed by atoms with Crippen LogP contribution in [0, 0.1) is 5.92 Å². The maximum atomic E-state index is 13.2. The summed E-state index contributed by atoms with van der Waals surface area (Å²) in [6.07, 6.45) is 2.54. The molecule has 2 amide bonds. The Hall–Kier alpha value is -2.73. The van der Waals surface area contributed by atoms with E-state index in [2.05, 4.69) is 0 Å². The van der Waals surface area contributed by atoms with Crippen LogP contribution in [0.3, 0.4) is 0 Å². The van der Waals surface area contributed by atoms with Crippen LogP contribution in [-0.2, 0) is 16.0 Å². The molecule has 2 aromatic carbocycles. The number of piperidine rings is 2. The van der Waals surface area contributed by atoms with E-state index in [4.69, 9.17) is 21.1 Å². The molecular formula is C26H31ClN2O4. The van der Waals surface area contributed by atoms with Crippen molar-refractivity contribution in [1.82, 2.24) is 9.80 Å². The lowest BCUT2D eigenvalue weighted by Crippen LogP contribution is -2.58. The van der Waals surface area contributed by atoms with Gasteiger partial charge in [-0.15, -0.1) is 0 Å². The molecule has 2 saturated heterocycles. The summed E-state index contributed by atoms with van der Waals surface area (Å²) >= 11 is 6.04. The number of halogens is 1. The maximum absolute atomic E-state index is 13.2. The lowest BCUT2D eigenvalue weighted by Gasteiger charge is -2.47. The van der Waals surface area contributed by atoms with Crippen LogP contribution >= 0.6 is 11.6 Å². The van der Waals surface area contributed by atoms with Crippen LogP contribution in [0.15, 0.2) is 48.5 Å². The average Bonchev–Trinajstić information content (AvgIpc) is 2.83. The Morgan fingerprint density at radius 2 is 1.88 bits per heavy atom. The molecule has 0 spiro atoms. The van der Waals surface area contributed by atoms with E-state index in [9.17, 15) is 9.59 Å². The van der Waals surface area contributed by atoms with Crippen molar-refractivity contribution in [2.24, 2.45) is 5.92 Å². The second-order valence-corrected chi connectivity index (χ2v) is 9.31. The highest BCUT2D eigenvalue weighted by atomic mass is 35.5. The zero-order valence-electron chi connectivity index (χ0n) is 19.2. The lowest BCUT2D eigenvalue weighted by atomic mass is 9.83. The van der Waals surface area contributed by atoms with E-state index >= 15 is 0 Å². The quantitative estimate of drug-likeness (QED) is 0.635. The van der Waals surface area contributed by atoms with Gasteiger partial charge in [0.1, 0.15) is 11.5 Å². The number of nitrogens with zero attached hydrogens (tertiary/aromatic N) is 2. The topological polar surface area (TPSA) is 59.1 Å². The van der Waals surface area contributed by atoms with E-state index in [0.29, 0.717) is 36.2 Å². The molecule has 2 heterocycles. The summed E-state index contributed by atoms with van der Waals surface area (Å²) in [5.74, 6) is 1.78. The number of carbonyl (C=O) groups excluding carboxylic acids is 2. The highest BCUT2D eigenvalue weighted by Gasteiger charge is 2.40. The first kappa shape index (κ1) is 23.4. The largest absolute Gasteiger partial charge is 0.497 e. The molecule has 0 N–H and O–H groups in total. The number of amides is 2. The molecule has 4 rings (SSSR count). The number of benzene rings is 2. The Kier molecular flexibility index (Phi) is 7.43. The maximum Gasteiger partial charge on any atom is 0.263 e. The number of ether oxygens (including phenoxy) is 2. The Labute approximate surface area is 200 Å². The van der Waals surface area contributed by atoms with Gasteiger partial charge in [-0.1, -0.05) is 29.8 Å². The first-order valence-corrected chi connectivity index (χ1v) is 12.0. The number of fused-ring (bicyclic) bond motifs is 1. The minimum Gasteiger partial charge on any atom is -0.497 e. The van der Waals surface area contributed by atoms with Crippen LogP contribution in [-0.4, -0.2) is 60.5 Å². The van der Waals surface area contributed by atoms with Crippen molar-refractivity contribution < 1.29 is 19.1 Å². The van der Waals surface area contributed by atoms with E-state index in [0.717, 1.165) is 37.1 Å². The summed E-state index contributed by atoms with van der Waals surface area (Å²) in [6.45, 7) is 3.89. The Morgan fingerprint density at radius 1 is 1.09 bits per heavy atom. The van der Waals surface area contributed by atoms with Crippen LogP contribution < -0.4 is 9.47 Å². The number of methoxy groups -OCH3 is 1. The number of likely N-dealkylation sites (tertiary alicyclic amines) is 2. The minimum absolute atomic E-state index is 0.000771. The van der Waals surface area contributed by atoms with Crippen molar-refractivity contribution in [1.29, 1.82) is 0 Å². The van der Waals surface area contributed by atoms with Crippen LogP contribution in [0.5, 0.6) is 11.5 Å². The minimum atomic E-state index is -0.588. The molecule has 7 heteroatoms. The van der Waals surface area contributed by atoms with Crippen molar-refractivity contribution in [2.45, 2.75) is 44.8 Å². The van der Waals surface area contributed by atoms with Gasteiger partial charge in [-0.25, -0.2) is 0 Å². The Balaban J connectivity index is 1.36. The predicted octanol–water partition coefficient (Wildman–Crippen LogP) is 4.20. The van der Waals surface area contributed by atoms with Crippen molar-refractivity contribution in [3.63, 3.8) is 0 Å². The molecule has 0 bridgehead atoms. The molecule has 2 aromatic rings. The highest BCUT2D eigenvalue weighted by molar-refractivity contribution is 6.30. The zero-order valence-corrected chi connectivity index (χ0v) is 20.0. The van der Waals surface area contributed by atoms with Gasteiger partial charge in [0.25, 0.3) is 5.91 Å². The molecule has 3 atom stereocenters. The second-order valence-electron chi connectivity index (χ2n) is 8.88. The van der Waals surface area contributed by atoms with Crippen molar-refractivity contribution in [3.05, 3.63) is 59.1 Å². The van der Waals surface area contributed by atoms with Crippen LogP contribution in [0.2, 0.25) is 5.02 Å². The molecule has 2 aliphatic heterocycles. The molecule has 2 fully saturated rings. The first-order chi connectivity index (χ1) is 15.9. The molecular weight excluding hydrogens is 440 g/mol. The standard InChI is InChI=1S/C26H31ClN2O4/c1-18(33-23-10-4-8-21(27)16-23)26(31)29-12-5-7-20-17-28(13-11-24(20)29)25(30)15-19-6-3-9-22(14-19)32-2/h3-4,6,8-10,14,16,18,20,24H,5,7,11-13,15,17H2,1-2H3/t18?,20-,24-/m1/s1. The molecule has 33 heavy (non-hydrogen) atoms. The monoisotopic (exact) mass is 470 g/mol. The van der Waals surface area contributed by atoms with E-state index < -0.39 is 6.10 Å². The fourth-order valence-corrected chi connectivity index (χ4v) is 5.18. The van der Waals surface area contributed by atoms with Crippen molar-refractivity contribution >= 4 is 23.4 Å². The fourth-order valence-electron chi connectivity index (χ4n) is 5.00. The second kappa shape index (κ2) is 10.5. The summed E-state index contributed by atoms with van der Waals surface area (Å²) < 4.78 is 11.2. The molecule has 0 radical (unpaired) electrons. The molecule has 2 aliphatic rings. The summed E-state index contributed by atoms with van der Waals surface area (Å²) in [4.78, 5) is 30.1. The molecule has 0 aromatic heterocycles. The Bertz CT molecular complexity index is 998. The van der Waals surface area contributed by atoms with Crippen LogP contribution in [0.1, 0.15) is 31.7 Å². The van der Waals surface area contributed by atoms with E-state index in [1.54, 1.807) is 32.2 Å². The van der Waals surface area contributed by atoms with Gasteiger partial charge in [-0.2, -0.15) is 0 Å². The van der Waals surface area contributed by atoms with E-state index in [1.807, 2.05) is 40.1 Å². The van der Waals surface area contributed by atoms with Gasteiger partial charge in [0.2, 0.25) is 5.91 Å². The summed E-state index contributed by atoms with van der Waals surface area (Å²) in [5, 5.41) is 0.580. The summed E-state index contributed by atoms with van der Waals surface area (Å²) in [6, 6.07) is 14.9. The van der Waals surface area contributed by atoms with Gasteiger partial charge in [0.05, 0.1) is 13.5 Å². The third kappa shape index (κ3) is 5.61. The van der Waals surface area contributed by atoms with E-state index in [1.165, 1.54) is 0 Å². The molecule has 176 valence electrons. The average molecular weight is 471 g/mol. The number of hydrogen-bond acceptors (Lipinski definition) is 4. The van der Waals surface area contributed by atoms with Crippen molar-refractivity contribution in [3.8, 4) is 11.5 Å². The normalized spacial score (nSPS) is 21.2. The number of carbonyl (C=O) groups is 2. The molecule has 6 nitrogen and oxygen atoms in total. The van der Waals surface area contributed by atoms with Gasteiger partial charge in [-0.05, 0) is 68.0 Å². The number of rotatable bonds is 6. The van der Waals surface area contributed by atoms with Gasteiger partial charge in [0.15, 0.2) is 6.10 Å². The predicted molar refractivity (Wildman–Crippen MR) is 128 cm³/mol.